The fourth-order valence-electron chi connectivity index (χ4n) is 2.50. The minimum absolute atomic E-state index is 0.300. The molecular weight excluding hydrogens is 335 g/mol. The minimum atomic E-state index is -4.48. The Balaban J connectivity index is 1.74. The second-order valence-corrected chi connectivity index (χ2v) is 6.33. The van der Waals surface area contributed by atoms with E-state index in [1.165, 1.54) is 11.8 Å². The van der Waals surface area contributed by atoms with E-state index in [0.717, 1.165) is 20.6 Å². The summed E-state index contributed by atoms with van der Waals surface area (Å²) in [6, 6.07) is 12.9. The maximum atomic E-state index is 12.7. The highest BCUT2D eigenvalue weighted by Crippen LogP contribution is 2.35. The molecule has 1 N–H and O–H groups in total. The van der Waals surface area contributed by atoms with Crippen LogP contribution in [0.3, 0.4) is 0 Å². The van der Waals surface area contributed by atoms with Crippen molar-refractivity contribution in [3.05, 3.63) is 60.7 Å². The molecule has 0 radical (unpaired) electrons. The molecule has 4 rings (SSSR count). The second-order valence-electron chi connectivity index (χ2n) is 5.22. The van der Waals surface area contributed by atoms with Crippen molar-refractivity contribution < 1.29 is 13.2 Å². The normalized spacial score (nSPS) is 12.1. The van der Waals surface area contributed by atoms with Crippen LogP contribution in [0.4, 0.5) is 13.2 Å². The van der Waals surface area contributed by atoms with E-state index in [-0.39, 0.29) is 0 Å². The van der Waals surface area contributed by atoms with Crippen molar-refractivity contribution in [1.29, 1.82) is 0 Å². The summed E-state index contributed by atoms with van der Waals surface area (Å²) in [5.74, 6) is -0.976. The Labute approximate surface area is 138 Å². The number of aromatic amines is 1. The lowest BCUT2D eigenvalue weighted by Crippen LogP contribution is -2.06. The summed E-state index contributed by atoms with van der Waals surface area (Å²) in [4.78, 5) is 11.9. The molecule has 0 unspecified atom stereocenters. The molecule has 0 saturated carbocycles. The van der Waals surface area contributed by atoms with E-state index in [1.54, 1.807) is 30.6 Å². The maximum Gasteiger partial charge on any atom is 0.449 e. The number of nitrogens with zero attached hydrogens (tertiary/aromatic N) is 2. The van der Waals surface area contributed by atoms with Gasteiger partial charge in [-0.15, -0.1) is 0 Å². The van der Waals surface area contributed by atoms with Gasteiger partial charge in [-0.05, 0) is 35.7 Å². The molecule has 24 heavy (non-hydrogen) atoms. The molecule has 0 spiro atoms. The second kappa shape index (κ2) is 5.52. The summed E-state index contributed by atoms with van der Waals surface area (Å²) in [5, 5.41) is 2.07. The van der Waals surface area contributed by atoms with Gasteiger partial charge in [-0.3, -0.25) is 4.98 Å². The summed E-state index contributed by atoms with van der Waals surface area (Å²) < 4.78 is 38.2. The highest BCUT2D eigenvalue weighted by Gasteiger charge is 2.34. The number of H-pyrrole nitrogens is 1. The number of rotatable bonds is 2. The predicted molar refractivity (Wildman–Crippen MR) is 87.0 cm³/mol. The highest BCUT2D eigenvalue weighted by atomic mass is 32.2. The first-order valence-corrected chi connectivity index (χ1v) is 7.90. The first-order chi connectivity index (χ1) is 11.5. The number of imidazole rings is 1. The molecule has 120 valence electrons. The zero-order chi connectivity index (χ0) is 16.7. The average molecular weight is 345 g/mol. The standard InChI is InChI=1S/C17H10F3N3S/c18-17(19,20)16-22-13-5-4-11(8-14(13)23-16)24-15-3-1-2-10-9-21-7-6-12(10)15/h1-9H,(H,22,23). The SMILES string of the molecule is FC(F)(F)c1nc2ccc(Sc3cccc4cnccc34)cc2[nH]1. The number of halogens is 3. The van der Waals surface area contributed by atoms with Gasteiger partial charge in [-0.2, -0.15) is 13.2 Å². The van der Waals surface area contributed by atoms with Gasteiger partial charge in [0.2, 0.25) is 5.82 Å². The zero-order valence-corrected chi connectivity index (χ0v) is 12.9. The molecule has 2 aromatic carbocycles. The van der Waals surface area contributed by atoms with E-state index in [0.29, 0.717) is 11.0 Å². The van der Waals surface area contributed by atoms with Gasteiger partial charge in [0.25, 0.3) is 0 Å². The number of pyridine rings is 1. The molecule has 0 saturated heterocycles. The van der Waals surface area contributed by atoms with E-state index in [4.69, 9.17) is 0 Å². The lowest BCUT2D eigenvalue weighted by molar-refractivity contribution is -0.144. The quantitative estimate of drug-likeness (QED) is 0.537. The van der Waals surface area contributed by atoms with E-state index >= 15 is 0 Å². The monoisotopic (exact) mass is 345 g/mol. The molecule has 0 atom stereocenters. The van der Waals surface area contributed by atoms with Crippen molar-refractivity contribution in [3.8, 4) is 0 Å². The molecule has 2 aromatic heterocycles. The third-order valence-electron chi connectivity index (χ3n) is 3.59. The number of alkyl halides is 3. The highest BCUT2D eigenvalue weighted by molar-refractivity contribution is 7.99. The van der Waals surface area contributed by atoms with Gasteiger partial charge in [0.05, 0.1) is 11.0 Å². The molecule has 2 heterocycles. The van der Waals surface area contributed by atoms with Crippen LogP contribution in [-0.2, 0) is 6.18 Å². The van der Waals surface area contributed by atoms with Gasteiger partial charge in [0.15, 0.2) is 0 Å². The molecule has 0 fully saturated rings. The van der Waals surface area contributed by atoms with Gasteiger partial charge < -0.3 is 4.98 Å². The van der Waals surface area contributed by atoms with Crippen molar-refractivity contribution in [1.82, 2.24) is 15.0 Å². The molecule has 4 aromatic rings. The Morgan fingerprint density at radius 3 is 2.75 bits per heavy atom. The van der Waals surface area contributed by atoms with Gasteiger partial charge in [-0.25, -0.2) is 4.98 Å². The lowest BCUT2D eigenvalue weighted by Gasteiger charge is -2.06. The van der Waals surface area contributed by atoms with E-state index in [2.05, 4.69) is 15.0 Å². The molecule has 0 bridgehead atoms. The summed E-state index contributed by atoms with van der Waals surface area (Å²) >= 11 is 1.49. The van der Waals surface area contributed by atoms with Crippen molar-refractivity contribution in [2.75, 3.05) is 0 Å². The molecule has 0 amide bonds. The van der Waals surface area contributed by atoms with E-state index in [9.17, 15) is 13.2 Å². The largest absolute Gasteiger partial charge is 0.449 e. The Morgan fingerprint density at radius 2 is 1.92 bits per heavy atom. The first kappa shape index (κ1) is 15.0. The average Bonchev–Trinajstić information content (AvgIpc) is 2.99. The van der Waals surface area contributed by atoms with Crippen molar-refractivity contribution in [2.24, 2.45) is 0 Å². The first-order valence-electron chi connectivity index (χ1n) is 7.08. The Kier molecular flexibility index (Phi) is 3.45. The van der Waals surface area contributed by atoms with Gasteiger partial charge in [0, 0.05) is 27.6 Å². The Morgan fingerprint density at radius 1 is 1.04 bits per heavy atom. The smallest absolute Gasteiger partial charge is 0.334 e. The van der Waals surface area contributed by atoms with Gasteiger partial charge >= 0.3 is 6.18 Å². The molecule has 0 aliphatic carbocycles. The summed E-state index contributed by atoms with van der Waals surface area (Å²) in [6.45, 7) is 0. The number of hydrogen-bond donors (Lipinski definition) is 1. The predicted octanol–water partition coefficient (Wildman–Crippen LogP) is 5.28. The third-order valence-corrected chi connectivity index (χ3v) is 4.66. The molecule has 0 aliphatic rings. The van der Waals surface area contributed by atoms with Crippen LogP contribution in [0.1, 0.15) is 5.82 Å². The van der Waals surface area contributed by atoms with Crippen LogP contribution in [0.2, 0.25) is 0 Å². The number of aromatic nitrogens is 3. The summed E-state index contributed by atoms with van der Waals surface area (Å²) in [7, 11) is 0. The van der Waals surface area contributed by atoms with Crippen LogP contribution >= 0.6 is 11.8 Å². The van der Waals surface area contributed by atoms with Crippen LogP contribution in [0.5, 0.6) is 0 Å². The zero-order valence-electron chi connectivity index (χ0n) is 12.1. The van der Waals surface area contributed by atoms with Crippen LogP contribution < -0.4 is 0 Å². The maximum absolute atomic E-state index is 12.7. The molecule has 3 nitrogen and oxygen atoms in total. The van der Waals surface area contributed by atoms with Crippen LogP contribution in [0.15, 0.2) is 64.6 Å². The van der Waals surface area contributed by atoms with Crippen LogP contribution in [0, 0.1) is 0 Å². The number of nitrogens with one attached hydrogen (secondary N) is 1. The number of hydrogen-bond acceptors (Lipinski definition) is 3. The van der Waals surface area contributed by atoms with Crippen molar-refractivity contribution in [2.45, 2.75) is 16.0 Å². The topological polar surface area (TPSA) is 41.6 Å². The third kappa shape index (κ3) is 2.71. The lowest BCUT2D eigenvalue weighted by atomic mass is 10.2. The molecule has 0 aliphatic heterocycles. The minimum Gasteiger partial charge on any atom is -0.334 e. The number of benzene rings is 2. The fraction of sp³-hybridized carbons (Fsp3) is 0.0588. The van der Waals surface area contributed by atoms with E-state index in [1.807, 2.05) is 24.3 Å². The van der Waals surface area contributed by atoms with E-state index < -0.39 is 12.0 Å². The Hall–Kier alpha value is -2.54. The van der Waals surface area contributed by atoms with Crippen molar-refractivity contribution >= 4 is 33.6 Å². The summed E-state index contributed by atoms with van der Waals surface area (Å²) in [6.07, 6.45) is -0.970. The fourth-order valence-corrected chi connectivity index (χ4v) is 3.50. The van der Waals surface area contributed by atoms with Crippen LogP contribution in [-0.4, -0.2) is 15.0 Å². The van der Waals surface area contributed by atoms with Crippen LogP contribution in [0.25, 0.3) is 21.8 Å². The summed E-state index contributed by atoms with van der Waals surface area (Å²) in [5.41, 5.74) is 0.669. The van der Waals surface area contributed by atoms with Gasteiger partial charge in [-0.1, -0.05) is 23.9 Å². The molecule has 7 heteroatoms. The number of fused-ring (bicyclic) bond motifs is 2. The Bertz CT molecular complexity index is 1030. The van der Waals surface area contributed by atoms with Crippen molar-refractivity contribution in [3.63, 3.8) is 0 Å². The molecular formula is C17H10F3N3S. The van der Waals surface area contributed by atoms with Gasteiger partial charge in [0.1, 0.15) is 0 Å².